The average Bonchev–Trinajstić information content (AvgIpc) is 3.15. The maximum atomic E-state index is 13.1. The number of esters is 1. The van der Waals surface area contributed by atoms with Gasteiger partial charge in [0.05, 0.1) is 12.2 Å². The van der Waals surface area contributed by atoms with Crippen LogP contribution in [0.2, 0.25) is 0 Å². The van der Waals surface area contributed by atoms with Gasteiger partial charge in [-0.3, -0.25) is 4.79 Å². The number of carbonyl (C=O) groups is 2. The minimum atomic E-state index is -0.403. The van der Waals surface area contributed by atoms with Crippen LogP contribution < -0.4 is 0 Å². The molecule has 1 N–H and O–H groups in total. The van der Waals surface area contributed by atoms with E-state index in [4.69, 9.17) is 9.47 Å². The zero-order valence-electron chi connectivity index (χ0n) is 15.4. The molecule has 1 aromatic rings. The molecule has 1 aromatic heterocycles. The fourth-order valence-corrected chi connectivity index (χ4v) is 4.36. The van der Waals surface area contributed by atoms with Gasteiger partial charge in [0.2, 0.25) is 0 Å². The molecule has 2 atom stereocenters. The van der Waals surface area contributed by atoms with Gasteiger partial charge in [-0.05, 0) is 44.6 Å². The summed E-state index contributed by atoms with van der Waals surface area (Å²) < 4.78 is 10.1. The molecule has 1 saturated heterocycles. The molecule has 6 heteroatoms. The summed E-state index contributed by atoms with van der Waals surface area (Å²) in [5.41, 5.74) is 2.37. The van der Waals surface area contributed by atoms with E-state index in [1.54, 1.807) is 7.11 Å². The second-order valence-corrected chi connectivity index (χ2v) is 7.15. The van der Waals surface area contributed by atoms with Crippen molar-refractivity contribution >= 4 is 11.9 Å². The number of H-pyrrole nitrogens is 1. The number of hydrogen-bond acceptors (Lipinski definition) is 4. The highest BCUT2D eigenvalue weighted by Gasteiger charge is 2.39. The van der Waals surface area contributed by atoms with Crippen LogP contribution in [0.1, 0.15) is 64.2 Å². The molecule has 0 aromatic carbocycles. The number of nitrogens with zero attached hydrogens (tertiary/aromatic N) is 1. The fraction of sp³-hybridized carbons (Fsp3) is 0.684. The molecular weight excluding hydrogens is 320 g/mol. The molecule has 2 unspecified atom stereocenters. The van der Waals surface area contributed by atoms with E-state index in [9.17, 15) is 9.59 Å². The summed E-state index contributed by atoms with van der Waals surface area (Å²) in [6.07, 6.45) is 5.91. The molecule has 2 heterocycles. The Morgan fingerprint density at radius 2 is 1.92 bits per heavy atom. The van der Waals surface area contributed by atoms with Crippen LogP contribution in [0.15, 0.2) is 0 Å². The predicted molar refractivity (Wildman–Crippen MR) is 93.8 cm³/mol. The number of amides is 1. The van der Waals surface area contributed by atoms with Crippen molar-refractivity contribution in [2.45, 2.75) is 52.0 Å². The third-order valence-electron chi connectivity index (χ3n) is 5.65. The quantitative estimate of drug-likeness (QED) is 0.656. The molecule has 25 heavy (non-hydrogen) atoms. The van der Waals surface area contributed by atoms with Crippen LogP contribution in [0.25, 0.3) is 0 Å². The Labute approximate surface area is 148 Å². The van der Waals surface area contributed by atoms with Crippen molar-refractivity contribution in [3.8, 4) is 0 Å². The molecule has 6 nitrogen and oxygen atoms in total. The molecule has 1 aliphatic carbocycles. The Balaban J connectivity index is 1.77. The molecule has 138 valence electrons. The van der Waals surface area contributed by atoms with E-state index in [0.717, 1.165) is 19.4 Å². The number of aromatic amines is 1. The maximum absolute atomic E-state index is 13.1. The average molecular weight is 348 g/mol. The maximum Gasteiger partial charge on any atom is 0.340 e. The van der Waals surface area contributed by atoms with E-state index in [0.29, 0.717) is 41.1 Å². The van der Waals surface area contributed by atoms with E-state index in [2.05, 4.69) is 4.98 Å². The van der Waals surface area contributed by atoms with Crippen LogP contribution in [-0.4, -0.2) is 54.7 Å². The Kier molecular flexibility index (Phi) is 5.47. The number of hydrogen-bond donors (Lipinski definition) is 1. The van der Waals surface area contributed by atoms with Gasteiger partial charge in [0.25, 0.3) is 5.91 Å². The zero-order chi connectivity index (χ0) is 18.0. The highest BCUT2D eigenvalue weighted by Crippen LogP contribution is 2.37. The molecule has 0 bridgehead atoms. The smallest absolute Gasteiger partial charge is 0.340 e. The second-order valence-electron chi connectivity index (χ2n) is 7.15. The van der Waals surface area contributed by atoms with Gasteiger partial charge in [-0.15, -0.1) is 0 Å². The highest BCUT2D eigenvalue weighted by atomic mass is 16.6. The molecule has 0 spiro atoms. The first kappa shape index (κ1) is 18.0. The van der Waals surface area contributed by atoms with Crippen LogP contribution in [0.4, 0.5) is 0 Å². The lowest BCUT2D eigenvalue weighted by molar-refractivity contribution is 0.0387. The predicted octanol–water partition coefficient (Wildman–Crippen LogP) is 2.84. The second kappa shape index (κ2) is 7.60. The normalized spacial score (nSPS) is 22.8. The molecule has 1 saturated carbocycles. The molecule has 1 aliphatic heterocycles. The number of ether oxygens (including phenoxy) is 2. The number of nitrogens with one attached hydrogen (secondary N) is 1. The largest absolute Gasteiger partial charge is 0.460 e. The summed E-state index contributed by atoms with van der Waals surface area (Å²) in [6, 6.07) is 0.362. The van der Waals surface area contributed by atoms with Crippen molar-refractivity contribution in [2.24, 2.45) is 5.92 Å². The van der Waals surface area contributed by atoms with Crippen molar-refractivity contribution in [1.29, 1.82) is 0 Å². The standard InChI is InChI=1S/C19H28N2O4/c1-12-16(19(23)25-11-10-24-3)13(2)20-17(12)18(22)21-9-8-14-6-4-5-7-15(14)21/h14-15,20H,4-11H2,1-3H3. The monoisotopic (exact) mass is 348 g/mol. The Hall–Kier alpha value is -1.82. The van der Waals surface area contributed by atoms with Gasteiger partial charge in [0.1, 0.15) is 12.3 Å². The molecule has 0 radical (unpaired) electrons. The van der Waals surface area contributed by atoms with Gasteiger partial charge >= 0.3 is 5.97 Å². The Bertz CT molecular complexity index is 652. The van der Waals surface area contributed by atoms with Crippen LogP contribution >= 0.6 is 0 Å². The first-order valence-corrected chi connectivity index (χ1v) is 9.20. The lowest BCUT2D eigenvalue weighted by Gasteiger charge is -2.31. The first-order chi connectivity index (χ1) is 12.0. The number of aryl methyl sites for hydroxylation is 1. The van der Waals surface area contributed by atoms with Crippen molar-refractivity contribution in [3.05, 3.63) is 22.5 Å². The van der Waals surface area contributed by atoms with E-state index < -0.39 is 5.97 Å². The van der Waals surface area contributed by atoms with E-state index in [1.807, 2.05) is 18.7 Å². The molecule has 1 amide bonds. The number of aromatic nitrogens is 1. The lowest BCUT2D eigenvalue weighted by atomic mass is 9.85. The van der Waals surface area contributed by atoms with Gasteiger partial charge < -0.3 is 19.4 Å². The van der Waals surface area contributed by atoms with E-state index in [-0.39, 0.29) is 12.5 Å². The van der Waals surface area contributed by atoms with Crippen molar-refractivity contribution < 1.29 is 19.1 Å². The number of carbonyl (C=O) groups excluding carboxylic acids is 2. The molecule has 3 rings (SSSR count). The number of rotatable bonds is 5. The van der Waals surface area contributed by atoms with Crippen molar-refractivity contribution in [3.63, 3.8) is 0 Å². The summed E-state index contributed by atoms with van der Waals surface area (Å²) in [6.45, 7) is 5.01. The third kappa shape index (κ3) is 3.45. The van der Waals surface area contributed by atoms with Gasteiger partial charge in [0, 0.05) is 25.4 Å². The highest BCUT2D eigenvalue weighted by molar-refractivity contribution is 6.00. The molecular formula is C19H28N2O4. The Morgan fingerprint density at radius 1 is 1.16 bits per heavy atom. The Morgan fingerprint density at radius 3 is 2.68 bits per heavy atom. The third-order valence-corrected chi connectivity index (χ3v) is 5.65. The molecule has 2 fully saturated rings. The van der Waals surface area contributed by atoms with Gasteiger partial charge in [-0.25, -0.2) is 4.79 Å². The topological polar surface area (TPSA) is 71.6 Å². The zero-order valence-corrected chi connectivity index (χ0v) is 15.4. The van der Waals surface area contributed by atoms with Gasteiger partial charge in [-0.2, -0.15) is 0 Å². The minimum Gasteiger partial charge on any atom is -0.460 e. The fourth-order valence-electron chi connectivity index (χ4n) is 4.36. The number of methoxy groups -OCH3 is 1. The van der Waals surface area contributed by atoms with Crippen LogP contribution in [0.5, 0.6) is 0 Å². The van der Waals surface area contributed by atoms with E-state index in [1.165, 1.54) is 19.3 Å². The SMILES string of the molecule is COCCOC(=O)c1c(C)[nH]c(C(=O)N2CCC3CCCCC32)c1C. The summed E-state index contributed by atoms with van der Waals surface area (Å²) in [7, 11) is 1.56. The first-order valence-electron chi connectivity index (χ1n) is 9.20. The van der Waals surface area contributed by atoms with Crippen LogP contribution in [0, 0.1) is 19.8 Å². The van der Waals surface area contributed by atoms with Crippen LogP contribution in [0.3, 0.4) is 0 Å². The van der Waals surface area contributed by atoms with E-state index >= 15 is 0 Å². The van der Waals surface area contributed by atoms with Crippen molar-refractivity contribution in [2.75, 3.05) is 26.9 Å². The summed E-state index contributed by atoms with van der Waals surface area (Å²) in [4.78, 5) is 30.6. The summed E-state index contributed by atoms with van der Waals surface area (Å²) in [5, 5.41) is 0. The summed E-state index contributed by atoms with van der Waals surface area (Å²) in [5.74, 6) is 0.262. The number of likely N-dealkylation sites (tertiary alicyclic amines) is 1. The summed E-state index contributed by atoms with van der Waals surface area (Å²) >= 11 is 0. The van der Waals surface area contributed by atoms with Crippen molar-refractivity contribution in [1.82, 2.24) is 9.88 Å². The number of fused-ring (bicyclic) bond motifs is 1. The minimum absolute atomic E-state index is 0.0194. The van der Waals surface area contributed by atoms with Gasteiger partial charge in [-0.1, -0.05) is 12.8 Å². The van der Waals surface area contributed by atoms with Crippen LogP contribution in [-0.2, 0) is 9.47 Å². The van der Waals surface area contributed by atoms with Gasteiger partial charge in [0.15, 0.2) is 0 Å². The molecule has 2 aliphatic rings. The lowest BCUT2D eigenvalue weighted by Crippen LogP contribution is -2.39.